The fourth-order valence-corrected chi connectivity index (χ4v) is 1.65. The molecule has 0 spiro atoms. The molecule has 52 valence electrons. The summed E-state index contributed by atoms with van der Waals surface area (Å²) in [5, 5.41) is 1.08. The van der Waals surface area contributed by atoms with Gasteiger partial charge in [-0.3, -0.25) is 0 Å². The van der Waals surface area contributed by atoms with Gasteiger partial charge in [-0.2, -0.15) is 0 Å². The fraction of sp³-hybridized carbons (Fsp3) is 0.750. The second kappa shape index (κ2) is 3.40. The zero-order valence-corrected chi connectivity index (χ0v) is 7.45. The molecule has 1 aliphatic rings. The largest absolute Gasteiger partial charge is 0.0880 e. The molecule has 1 aliphatic carbocycles. The lowest BCUT2D eigenvalue weighted by Crippen LogP contribution is -2.01. The van der Waals surface area contributed by atoms with Gasteiger partial charge in [0.15, 0.2) is 0 Å². The molecule has 0 aromatic carbocycles. The molecule has 9 heavy (non-hydrogen) atoms. The molecular formula is C8H13Br. The van der Waals surface area contributed by atoms with Crippen molar-refractivity contribution in [3.8, 4) is 0 Å². The number of alkyl halides is 1. The molecule has 0 nitrogen and oxygen atoms in total. The molecule has 0 aliphatic heterocycles. The first-order valence-corrected chi connectivity index (χ1v) is 4.69. The molecule has 0 unspecified atom stereocenters. The first-order chi connectivity index (χ1) is 4.33. The van der Waals surface area contributed by atoms with Gasteiger partial charge in [-0.15, -0.1) is 0 Å². The summed E-state index contributed by atoms with van der Waals surface area (Å²) in [6.45, 7) is 2.32. The lowest BCUT2D eigenvalue weighted by Gasteiger charge is -2.15. The van der Waals surface area contributed by atoms with Gasteiger partial charge in [0, 0.05) is 5.33 Å². The Kier molecular flexibility index (Phi) is 2.77. The molecule has 0 radical (unpaired) electrons. The zero-order chi connectivity index (χ0) is 6.69. The van der Waals surface area contributed by atoms with Gasteiger partial charge in [0.2, 0.25) is 0 Å². The first kappa shape index (κ1) is 7.33. The van der Waals surface area contributed by atoms with Gasteiger partial charge in [0.05, 0.1) is 0 Å². The molecule has 0 fully saturated rings. The van der Waals surface area contributed by atoms with Crippen LogP contribution in [0.25, 0.3) is 0 Å². The molecule has 0 saturated heterocycles. The Morgan fingerprint density at radius 2 is 2.56 bits per heavy atom. The van der Waals surface area contributed by atoms with Gasteiger partial charge < -0.3 is 0 Å². The van der Waals surface area contributed by atoms with E-state index >= 15 is 0 Å². The number of hydrogen-bond donors (Lipinski definition) is 0. The molecule has 0 aromatic heterocycles. The Balaban J connectivity index is 2.40. The second-order valence-corrected chi connectivity index (χ2v) is 3.44. The van der Waals surface area contributed by atoms with Crippen LogP contribution in [0.3, 0.4) is 0 Å². The van der Waals surface area contributed by atoms with Crippen molar-refractivity contribution in [2.45, 2.75) is 26.2 Å². The summed E-state index contributed by atoms with van der Waals surface area (Å²) < 4.78 is 0. The molecule has 1 heteroatoms. The van der Waals surface area contributed by atoms with Gasteiger partial charge in [-0.05, 0) is 25.2 Å². The van der Waals surface area contributed by atoms with Crippen LogP contribution in [0.15, 0.2) is 11.6 Å². The summed E-state index contributed by atoms with van der Waals surface area (Å²) in [5.74, 6) is 0.924. The van der Waals surface area contributed by atoms with E-state index in [9.17, 15) is 0 Å². The SMILES string of the molecule is C[C@@H]1CC=C(CBr)CC1. The van der Waals surface area contributed by atoms with Crippen LogP contribution in [0, 0.1) is 5.92 Å². The van der Waals surface area contributed by atoms with Crippen LogP contribution >= 0.6 is 15.9 Å². The highest BCUT2D eigenvalue weighted by Crippen LogP contribution is 2.23. The van der Waals surface area contributed by atoms with Crippen molar-refractivity contribution >= 4 is 15.9 Å². The van der Waals surface area contributed by atoms with Crippen LogP contribution in [0.5, 0.6) is 0 Å². The zero-order valence-electron chi connectivity index (χ0n) is 5.86. The summed E-state index contributed by atoms with van der Waals surface area (Å²) in [6, 6.07) is 0. The van der Waals surface area contributed by atoms with Crippen molar-refractivity contribution < 1.29 is 0 Å². The third-order valence-corrected chi connectivity index (χ3v) is 2.66. The van der Waals surface area contributed by atoms with E-state index in [-0.39, 0.29) is 0 Å². The maximum absolute atomic E-state index is 3.46. The standard InChI is InChI=1S/C8H13Br/c1-7-2-4-8(6-9)5-3-7/h4,7H,2-3,5-6H2,1H3/t7-/m1/s1. The van der Waals surface area contributed by atoms with Crippen LogP contribution in [0.2, 0.25) is 0 Å². The van der Waals surface area contributed by atoms with Gasteiger partial charge in [0.1, 0.15) is 0 Å². The smallest absolute Gasteiger partial charge is 0.0241 e. The van der Waals surface area contributed by atoms with Crippen LogP contribution in [0.4, 0.5) is 0 Å². The minimum atomic E-state index is 0.924. The van der Waals surface area contributed by atoms with Crippen LogP contribution in [-0.2, 0) is 0 Å². The van der Waals surface area contributed by atoms with Crippen molar-refractivity contribution in [3.63, 3.8) is 0 Å². The van der Waals surface area contributed by atoms with Gasteiger partial charge in [0.25, 0.3) is 0 Å². The molecule has 1 atom stereocenters. The Morgan fingerprint density at radius 3 is 3.00 bits per heavy atom. The summed E-state index contributed by atoms with van der Waals surface area (Å²) >= 11 is 3.46. The highest BCUT2D eigenvalue weighted by Gasteiger charge is 2.07. The second-order valence-electron chi connectivity index (χ2n) is 2.88. The monoisotopic (exact) mass is 188 g/mol. The molecule has 0 amide bonds. The Morgan fingerprint density at radius 1 is 1.78 bits per heavy atom. The van der Waals surface area contributed by atoms with Gasteiger partial charge >= 0.3 is 0 Å². The van der Waals surface area contributed by atoms with E-state index in [2.05, 4.69) is 28.9 Å². The fourth-order valence-electron chi connectivity index (χ4n) is 1.14. The molecule has 0 bridgehead atoms. The molecular weight excluding hydrogens is 176 g/mol. The number of rotatable bonds is 1. The highest BCUT2D eigenvalue weighted by molar-refractivity contribution is 9.09. The average molecular weight is 189 g/mol. The first-order valence-electron chi connectivity index (χ1n) is 3.57. The molecule has 0 aromatic rings. The Bertz CT molecular complexity index is 116. The third kappa shape index (κ3) is 2.13. The number of hydrogen-bond acceptors (Lipinski definition) is 0. The Labute approximate surface area is 65.5 Å². The number of halogens is 1. The Hall–Kier alpha value is 0.220. The van der Waals surface area contributed by atoms with Crippen molar-refractivity contribution in [2.24, 2.45) is 5.92 Å². The average Bonchev–Trinajstić information content (AvgIpc) is 1.90. The van der Waals surface area contributed by atoms with E-state index in [1.54, 1.807) is 5.57 Å². The molecule has 0 N–H and O–H groups in total. The van der Waals surface area contributed by atoms with E-state index in [4.69, 9.17) is 0 Å². The maximum Gasteiger partial charge on any atom is 0.0241 e. The quantitative estimate of drug-likeness (QED) is 0.439. The van der Waals surface area contributed by atoms with Crippen molar-refractivity contribution in [2.75, 3.05) is 5.33 Å². The summed E-state index contributed by atoms with van der Waals surface area (Å²) in [4.78, 5) is 0. The number of allylic oxidation sites excluding steroid dienone is 2. The summed E-state index contributed by atoms with van der Waals surface area (Å²) in [6.07, 6.45) is 6.37. The van der Waals surface area contributed by atoms with Crippen molar-refractivity contribution in [1.82, 2.24) is 0 Å². The summed E-state index contributed by atoms with van der Waals surface area (Å²) in [5.41, 5.74) is 1.59. The van der Waals surface area contributed by atoms with Crippen molar-refractivity contribution in [3.05, 3.63) is 11.6 Å². The predicted octanol–water partition coefficient (Wildman–Crippen LogP) is 3.13. The van der Waals surface area contributed by atoms with Crippen LogP contribution in [0.1, 0.15) is 26.2 Å². The maximum atomic E-state index is 3.46. The molecule has 1 rings (SSSR count). The van der Waals surface area contributed by atoms with E-state index in [1.165, 1.54) is 19.3 Å². The minimum Gasteiger partial charge on any atom is -0.0880 e. The molecule has 0 saturated carbocycles. The van der Waals surface area contributed by atoms with Gasteiger partial charge in [-0.1, -0.05) is 34.5 Å². The minimum absolute atomic E-state index is 0.924. The normalized spacial score (nSPS) is 27.8. The lowest BCUT2D eigenvalue weighted by molar-refractivity contribution is 0.515. The lowest BCUT2D eigenvalue weighted by atomic mass is 9.92. The van der Waals surface area contributed by atoms with E-state index in [0.29, 0.717) is 0 Å². The van der Waals surface area contributed by atoms with E-state index < -0.39 is 0 Å². The van der Waals surface area contributed by atoms with E-state index in [0.717, 1.165) is 11.2 Å². The van der Waals surface area contributed by atoms with Crippen LogP contribution in [-0.4, -0.2) is 5.33 Å². The van der Waals surface area contributed by atoms with Crippen LogP contribution < -0.4 is 0 Å². The summed E-state index contributed by atoms with van der Waals surface area (Å²) in [7, 11) is 0. The highest BCUT2D eigenvalue weighted by atomic mass is 79.9. The predicted molar refractivity (Wildman–Crippen MR) is 44.9 cm³/mol. The van der Waals surface area contributed by atoms with E-state index in [1.807, 2.05) is 0 Å². The van der Waals surface area contributed by atoms with Crippen molar-refractivity contribution in [1.29, 1.82) is 0 Å². The third-order valence-electron chi connectivity index (χ3n) is 1.94. The molecule has 0 heterocycles. The topological polar surface area (TPSA) is 0 Å². The van der Waals surface area contributed by atoms with Gasteiger partial charge in [-0.25, -0.2) is 0 Å².